The van der Waals surface area contributed by atoms with Gasteiger partial charge in [0.15, 0.2) is 0 Å². The zero-order valence-electron chi connectivity index (χ0n) is 15.3. The summed E-state index contributed by atoms with van der Waals surface area (Å²) in [5.74, 6) is -0.111. The number of benzene rings is 2. The van der Waals surface area contributed by atoms with Crippen LogP contribution in [0, 0.1) is 11.7 Å². The Balaban J connectivity index is 1.34. The number of piperidine rings is 1. The molecule has 7 heteroatoms. The van der Waals surface area contributed by atoms with Crippen molar-refractivity contribution in [3.8, 4) is 0 Å². The molecule has 0 spiro atoms. The van der Waals surface area contributed by atoms with Crippen molar-refractivity contribution >= 4 is 28.1 Å². The molecule has 0 bridgehead atoms. The maximum absolute atomic E-state index is 13.1. The van der Waals surface area contributed by atoms with Gasteiger partial charge in [-0.25, -0.2) is 4.39 Å². The molecule has 4 nitrogen and oxygen atoms in total. The molecule has 1 saturated heterocycles. The number of nitrogens with zero attached hydrogens (tertiary/aromatic N) is 3. The number of hydrogen-bond donors (Lipinski definition) is 1. The third-order valence-corrected chi connectivity index (χ3v) is 6.43. The third-order valence-electron chi connectivity index (χ3n) is 5.19. The first-order valence-electron chi connectivity index (χ1n) is 9.34. The number of rotatable bonds is 5. The van der Waals surface area contributed by atoms with Gasteiger partial charge in [0.25, 0.3) is 0 Å². The fraction of sp³-hybridized carbons (Fsp3) is 0.333. The maximum Gasteiger partial charge on any atom is 0.208 e. The van der Waals surface area contributed by atoms with Crippen LogP contribution in [0.15, 0.2) is 48.5 Å². The molecule has 1 N–H and O–H groups in total. The Morgan fingerprint density at radius 2 is 1.75 bits per heavy atom. The van der Waals surface area contributed by atoms with Crippen molar-refractivity contribution in [2.24, 2.45) is 5.92 Å². The average Bonchev–Trinajstić information content (AvgIpc) is 3.18. The third kappa shape index (κ3) is 4.51. The van der Waals surface area contributed by atoms with Crippen molar-refractivity contribution < 1.29 is 9.50 Å². The minimum Gasteiger partial charge on any atom is -0.388 e. The van der Waals surface area contributed by atoms with Crippen LogP contribution in [0.1, 0.15) is 35.1 Å². The molecular formula is C21H21ClFN3OS. The van der Waals surface area contributed by atoms with Crippen molar-refractivity contribution in [2.45, 2.75) is 25.4 Å². The monoisotopic (exact) mass is 417 g/mol. The van der Waals surface area contributed by atoms with Gasteiger partial charge in [0.1, 0.15) is 10.8 Å². The maximum atomic E-state index is 13.1. The van der Waals surface area contributed by atoms with Crippen molar-refractivity contribution in [1.29, 1.82) is 0 Å². The highest BCUT2D eigenvalue weighted by atomic mass is 35.5. The summed E-state index contributed by atoms with van der Waals surface area (Å²) in [6.45, 7) is 1.66. The van der Waals surface area contributed by atoms with Crippen molar-refractivity contribution in [2.75, 3.05) is 18.0 Å². The molecule has 4 rings (SSSR count). The zero-order valence-corrected chi connectivity index (χ0v) is 16.8. The van der Waals surface area contributed by atoms with Crippen molar-refractivity contribution in [3.63, 3.8) is 0 Å². The summed E-state index contributed by atoms with van der Waals surface area (Å²) in [5.41, 5.74) is 1.94. The van der Waals surface area contributed by atoms with E-state index in [0.29, 0.717) is 0 Å². The molecule has 28 heavy (non-hydrogen) atoms. The molecule has 2 heterocycles. The van der Waals surface area contributed by atoms with Gasteiger partial charge in [-0.1, -0.05) is 47.2 Å². The predicted molar refractivity (Wildman–Crippen MR) is 110 cm³/mol. The standard InChI is InChI=1S/C21H21ClFN3OS/c22-17-5-1-14(2-6-17)13-19-24-25-21(28-19)26-11-9-16(10-12-26)20(27)15-3-7-18(23)8-4-15/h1-8,16,20,27H,9-13H2. The first kappa shape index (κ1) is 19.3. The van der Waals surface area contributed by atoms with E-state index in [1.165, 1.54) is 12.1 Å². The van der Waals surface area contributed by atoms with Crippen LogP contribution in [0.2, 0.25) is 5.02 Å². The molecule has 0 aliphatic carbocycles. The van der Waals surface area contributed by atoms with Gasteiger partial charge in [0.2, 0.25) is 5.13 Å². The summed E-state index contributed by atoms with van der Waals surface area (Å²) in [6, 6.07) is 13.9. The molecule has 1 aliphatic heterocycles. The summed E-state index contributed by atoms with van der Waals surface area (Å²) in [5, 5.41) is 21.9. The minimum atomic E-state index is -0.558. The van der Waals surface area contributed by atoms with Crippen LogP contribution >= 0.6 is 22.9 Å². The van der Waals surface area contributed by atoms with Gasteiger partial charge in [-0.05, 0) is 54.2 Å². The molecule has 2 aromatic carbocycles. The van der Waals surface area contributed by atoms with Crippen molar-refractivity contribution in [1.82, 2.24) is 10.2 Å². The highest BCUT2D eigenvalue weighted by molar-refractivity contribution is 7.15. The van der Waals surface area contributed by atoms with Gasteiger partial charge >= 0.3 is 0 Å². The summed E-state index contributed by atoms with van der Waals surface area (Å²) >= 11 is 7.55. The Morgan fingerprint density at radius 3 is 2.43 bits per heavy atom. The normalized spacial score (nSPS) is 16.3. The first-order chi connectivity index (χ1) is 13.6. The molecule has 0 saturated carbocycles. The van der Waals surface area contributed by atoms with Gasteiger partial charge in [-0.2, -0.15) is 0 Å². The predicted octanol–water partition coefficient (Wildman–Crippen LogP) is 4.87. The lowest BCUT2D eigenvalue weighted by Crippen LogP contribution is -2.35. The second kappa shape index (κ2) is 8.55. The SMILES string of the molecule is OC(c1ccc(F)cc1)C1CCN(c2nnc(Cc3ccc(Cl)cc3)s2)CC1. The lowest BCUT2D eigenvalue weighted by Gasteiger charge is -2.34. The molecule has 1 aromatic heterocycles. The van der Waals surface area contributed by atoms with E-state index in [4.69, 9.17) is 11.6 Å². The number of aliphatic hydroxyl groups excluding tert-OH is 1. The largest absolute Gasteiger partial charge is 0.388 e. The minimum absolute atomic E-state index is 0.170. The number of anilines is 1. The van der Waals surface area contributed by atoms with E-state index in [1.54, 1.807) is 23.5 Å². The van der Waals surface area contributed by atoms with E-state index in [9.17, 15) is 9.50 Å². The second-order valence-corrected chi connectivity index (χ2v) is 8.58. The fourth-order valence-corrected chi connectivity index (χ4v) is 4.61. The summed E-state index contributed by atoms with van der Waals surface area (Å²) in [4.78, 5) is 2.23. The van der Waals surface area contributed by atoms with E-state index in [1.807, 2.05) is 24.3 Å². The molecule has 0 radical (unpaired) electrons. The van der Waals surface area contributed by atoms with Gasteiger partial charge < -0.3 is 10.0 Å². The smallest absolute Gasteiger partial charge is 0.208 e. The molecule has 1 aliphatic rings. The number of aromatic nitrogens is 2. The van der Waals surface area contributed by atoms with E-state index in [2.05, 4.69) is 15.1 Å². The molecule has 146 valence electrons. The summed E-state index contributed by atoms with van der Waals surface area (Å²) < 4.78 is 13.1. The molecule has 1 atom stereocenters. The Labute approximate surface area is 172 Å². The van der Waals surface area contributed by atoms with E-state index < -0.39 is 6.10 Å². The number of halogens is 2. The summed E-state index contributed by atoms with van der Waals surface area (Å²) in [7, 11) is 0. The Morgan fingerprint density at radius 1 is 1.07 bits per heavy atom. The highest BCUT2D eigenvalue weighted by Crippen LogP contribution is 2.33. The lowest BCUT2D eigenvalue weighted by atomic mass is 9.87. The van der Waals surface area contributed by atoms with Crippen LogP contribution in [0.5, 0.6) is 0 Å². The van der Waals surface area contributed by atoms with Crippen LogP contribution in [0.4, 0.5) is 9.52 Å². The molecule has 3 aromatic rings. The van der Waals surface area contributed by atoms with Crippen LogP contribution in [-0.2, 0) is 6.42 Å². The number of hydrogen-bond acceptors (Lipinski definition) is 5. The quantitative estimate of drug-likeness (QED) is 0.643. The lowest BCUT2D eigenvalue weighted by molar-refractivity contribution is 0.0929. The Hall–Kier alpha value is -2.02. The van der Waals surface area contributed by atoms with E-state index >= 15 is 0 Å². The topological polar surface area (TPSA) is 49.2 Å². The zero-order chi connectivity index (χ0) is 19.5. The van der Waals surface area contributed by atoms with Gasteiger partial charge in [0.05, 0.1) is 6.10 Å². The average molecular weight is 418 g/mol. The van der Waals surface area contributed by atoms with Crippen molar-refractivity contribution in [3.05, 3.63) is 75.5 Å². The summed E-state index contributed by atoms with van der Waals surface area (Å²) in [6.07, 6.45) is 1.92. The first-order valence-corrected chi connectivity index (χ1v) is 10.5. The van der Waals surface area contributed by atoms with Crippen LogP contribution in [0.3, 0.4) is 0 Å². The van der Waals surface area contributed by atoms with E-state index in [0.717, 1.165) is 58.6 Å². The number of aliphatic hydroxyl groups is 1. The van der Waals surface area contributed by atoms with Gasteiger partial charge in [0, 0.05) is 24.5 Å². The fourth-order valence-electron chi connectivity index (χ4n) is 3.56. The van der Waals surface area contributed by atoms with E-state index in [-0.39, 0.29) is 11.7 Å². The Kier molecular flexibility index (Phi) is 5.90. The Bertz CT molecular complexity index is 908. The van der Waals surface area contributed by atoms with Crippen LogP contribution in [-0.4, -0.2) is 28.4 Å². The van der Waals surface area contributed by atoms with Crippen LogP contribution < -0.4 is 4.90 Å². The molecule has 1 unspecified atom stereocenters. The molecular weight excluding hydrogens is 397 g/mol. The van der Waals surface area contributed by atoms with Gasteiger partial charge in [-0.3, -0.25) is 0 Å². The molecule has 0 amide bonds. The second-order valence-electron chi connectivity index (χ2n) is 7.10. The van der Waals surface area contributed by atoms with Crippen LogP contribution in [0.25, 0.3) is 0 Å². The van der Waals surface area contributed by atoms with Gasteiger partial charge in [-0.15, -0.1) is 10.2 Å². The molecule has 1 fully saturated rings. The highest BCUT2D eigenvalue weighted by Gasteiger charge is 2.27.